The molecule has 0 saturated heterocycles. The van der Waals surface area contributed by atoms with E-state index in [9.17, 15) is 0 Å². The summed E-state index contributed by atoms with van der Waals surface area (Å²) >= 11 is 0. The molecule has 0 spiro atoms. The Morgan fingerprint density at radius 2 is 1.90 bits per heavy atom. The molecule has 1 aliphatic rings. The van der Waals surface area contributed by atoms with Crippen LogP contribution in [0.5, 0.6) is 0 Å². The topological polar surface area (TPSA) is 0 Å². The highest BCUT2D eigenvalue weighted by molar-refractivity contribution is 4.72. The molecule has 0 radical (unpaired) electrons. The Morgan fingerprint density at radius 1 is 1.20 bits per heavy atom. The van der Waals surface area contributed by atoms with Crippen LogP contribution in [0.1, 0.15) is 46.5 Å². The Balaban J connectivity index is 2.32. The Bertz CT molecular complexity index is 94.2. The molecule has 0 aliphatic heterocycles. The first kappa shape index (κ1) is 8.10. The summed E-state index contributed by atoms with van der Waals surface area (Å²) < 4.78 is 0. The summed E-state index contributed by atoms with van der Waals surface area (Å²) in [4.78, 5) is 0. The summed E-state index contributed by atoms with van der Waals surface area (Å²) in [5.41, 5.74) is 0. The van der Waals surface area contributed by atoms with Crippen molar-refractivity contribution in [2.24, 2.45) is 17.8 Å². The van der Waals surface area contributed by atoms with Crippen molar-refractivity contribution in [1.29, 1.82) is 0 Å². The van der Waals surface area contributed by atoms with Crippen LogP contribution in [0, 0.1) is 17.8 Å². The molecule has 60 valence electrons. The molecule has 0 nitrogen and oxygen atoms in total. The Morgan fingerprint density at radius 3 is 2.30 bits per heavy atom. The first-order chi connectivity index (χ1) is 4.70. The van der Waals surface area contributed by atoms with Gasteiger partial charge in [-0.05, 0) is 24.2 Å². The largest absolute Gasteiger partial charge is 0.0625 e. The minimum Gasteiger partial charge on any atom is -0.0625 e. The van der Waals surface area contributed by atoms with Crippen molar-refractivity contribution in [3.05, 3.63) is 0 Å². The molecule has 1 saturated carbocycles. The molecular weight excluding hydrogens is 120 g/mol. The average molecular weight is 140 g/mol. The minimum absolute atomic E-state index is 0.919. The summed E-state index contributed by atoms with van der Waals surface area (Å²) in [6, 6.07) is 0. The van der Waals surface area contributed by atoms with Crippen LogP contribution < -0.4 is 0 Å². The van der Waals surface area contributed by atoms with Crippen molar-refractivity contribution in [3.8, 4) is 0 Å². The molecule has 1 fully saturated rings. The van der Waals surface area contributed by atoms with Gasteiger partial charge in [0.25, 0.3) is 0 Å². The van der Waals surface area contributed by atoms with Crippen LogP contribution in [-0.4, -0.2) is 0 Å². The fourth-order valence-corrected chi connectivity index (χ4v) is 2.09. The summed E-state index contributed by atoms with van der Waals surface area (Å²) in [6.45, 7) is 7.12. The van der Waals surface area contributed by atoms with Crippen LogP contribution in [0.4, 0.5) is 0 Å². The molecule has 0 heterocycles. The van der Waals surface area contributed by atoms with Gasteiger partial charge in [0.15, 0.2) is 0 Å². The second kappa shape index (κ2) is 3.41. The third kappa shape index (κ3) is 2.00. The van der Waals surface area contributed by atoms with Gasteiger partial charge in [-0.3, -0.25) is 0 Å². The van der Waals surface area contributed by atoms with Crippen LogP contribution in [0.25, 0.3) is 0 Å². The van der Waals surface area contributed by atoms with Gasteiger partial charge < -0.3 is 0 Å². The van der Waals surface area contributed by atoms with Crippen molar-refractivity contribution >= 4 is 0 Å². The third-order valence-electron chi connectivity index (χ3n) is 2.92. The van der Waals surface area contributed by atoms with Crippen molar-refractivity contribution in [3.63, 3.8) is 0 Å². The van der Waals surface area contributed by atoms with Crippen LogP contribution in [-0.2, 0) is 0 Å². The maximum Gasteiger partial charge on any atom is -0.0389 e. The van der Waals surface area contributed by atoms with E-state index in [4.69, 9.17) is 0 Å². The van der Waals surface area contributed by atoms with Gasteiger partial charge in [-0.2, -0.15) is 0 Å². The van der Waals surface area contributed by atoms with Gasteiger partial charge in [0.2, 0.25) is 0 Å². The molecular formula is C10H20. The van der Waals surface area contributed by atoms with Gasteiger partial charge in [0.05, 0.1) is 0 Å². The van der Waals surface area contributed by atoms with Gasteiger partial charge in [0.1, 0.15) is 0 Å². The number of rotatable bonds is 1. The molecule has 0 N–H and O–H groups in total. The first-order valence-electron chi connectivity index (χ1n) is 4.70. The first-order valence-corrected chi connectivity index (χ1v) is 4.70. The SMILES string of the molecule is CC(C)[C@H]1CCC[C@H](C)C1. The fraction of sp³-hybridized carbons (Fsp3) is 1.00. The Kier molecular flexibility index (Phi) is 2.76. The van der Waals surface area contributed by atoms with E-state index in [1.807, 2.05) is 0 Å². The highest BCUT2D eigenvalue weighted by Crippen LogP contribution is 2.32. The van der Waals surface area contributed by atoms with Crippen LogP contribution >= 0.6 is 0 Å². The predicted octanol–water partition coefficient (Wildman–Crippen LogP) is 3.47. The zero-order valence-corrected chi connectivity index (χ0v) is 7.56. The van der Waals surface area contributed by atoms with Gasteiger partial charge in [0, 0.05) is 0 Å². The zero-order valence-electron chi connectivity index (χ0n) is 7.56. The molecule has 0 aromatic carbocycles. The second-order valence-corrected chi connectivity index (χ2v) is 4.28. The van der Waals surface area contributed by atoms with Gasteiger partial charge in [-0.25, -0.2) is 0 Å². The monoisotopic (exact) mass is 140 g/mol. The number of hydrogen-bond donors (Lipinski definition) is 0. The fourth-order valence-electron chi connectivity index (χ4n) is 2.09. The lowest BCUT2D eigenvalue weighted by molar-refractivity contribution is 0.226. The van der Waals surface area contributed by atoms with Crippen LogP contribution in [0.3, 0.4) is 0 Å². The van der Waals surface area contributed by atoms with E-state index >= 15 is 0 Å². The number of hydrogen-bond acceptors (Lipinski definition) is 0. The van der Waals surface area contributed by atoms with E-state index in [0.29, 0.717) is 0 Å². The van der Waals surface area contributed by atoms with Crippen LogP contribution in [0.2, 0.25) is 0 Å². The van der Waals surface area contributed by atoms with Crippen molar-refractivity contribution in [2.45, 2.75) is 46.5 Å². The molecule has 0 heteroatoms. The molecule has 10 heavy (non-hydrogen) atoms. The normalized spacial score (nSPS) is 34.8. The van der Waals surface area contributed by atoms with E-state index in [-0.39, 0.29) is 0 Å². The van der Waals surface area contributed by atoms with Gasteiger partial charge in [-0.15, -0.1) is 0 Å². The van der Waals surface area contributed by atoms with Gasteiger partial charge >= 0.3 is 0 Å². The van der Waals surface area contributed by atoms with E-state index in [0.717, 1.165) is 17.8 Å². The average Bonchev–Trinajstić information content (AvgIpc) is 1.88. The quantitative estimate of drug-likeness (QED) is 0.523. The standard InChI is InChI=1S/C10H20/c1-8(2)10-6-4-5-9(3)7-10/h8-10H,4-7H2,1-3H3/t9-,10-/m0/s1. The highest BCUT2D eigenvalue weighted by atomic mass is 14.3. The molecule has 0 amide bonds. The molecule has 1 aliphatic carbocycles. The Hall–Kier alpha value is 0. The summed E-state index contributed by atoms with van der Waals surface area (Å²) in [5.74, 6) is 2.95. The smallest absolute Gasteiger partial charge is 0.0389 e. The summed E-state index contributed by atoms with van der Waals surface area (Å²) in [6.07, 6.45) is 5.92. The predicted molar refractivity (Wildman–Crippen MR) is 46.0 cm³/mol. The molecule has 1 rings (SSSR count). The second-order valence-electron chi connectivity index (χ2n) is 4.28. The van der Waals surface area contributed by atoms with E-state index in [1.165, 1.54) is 25.7 Å². The van der Waals surface area contributed by atoms with E-state index in [1.54, 1.807) is 0 Å². The molecule has 0 aromatic heterocycles. The van der Waals surface area contributed by atoms with Crippen LogP contribution in [0.15, 0.2) is 0 Å². The third-order valence-corrected chi connectivity index (χ3v) is 2.92. The molecule has 0 aromatic rings. The lowest BCUT2D eigenvalue weighted by Crippen LogP contribution is -2.17. The maximum absolute atomic E-state index is 2.40. The summed E-state index contributed by atoms with van der Waals surface area (Å²) in [5, 5.41) is 0. The van der Waals surface area contributed by atoms with Crippen molar-refractivity contribution in [2.75, 3.05) is 0 Å². The lowest BCUT2D eigenvalue weighted by Gasteiger charge is -2.29. The van der Waals surface area contributed by atoms with Crippen molar-refractivity contribution in [1.82, 2.24) is 0 Å². The maximum atomic E-state index is 2.40. The minimum atomic E-state index is 0.919. The molecule has 0 unspecified atom stereocenters. The molecule has 0 bridgehead atoms. The zero-order chi connectivity index (χ0) is 7.56. The van der Waals surface area contributed by atoms with E-state index in [2.05, 4.69) is 20.8 Å². The Labute approximate surface area is 65.0 Å². The van der Waals surface area contributed by atoms with Gasteiger partial charge in [-0.1, -0.05) is 40.0 Å². The van der Waals surface area contributed by atoms with Crippen molar-refractivity contribution < 1.29 is 0 Å². The molecule has 2 atom stereocenters. The van der Waals surface area contributed by atoms with E-state index < -0.39 is 0 Å². The summed E-state index contributed by atoms with van der Waals surface area (Å²) in [7, 11) is 0. The highest BCUT2D eigenvalue weighted by Gasteiger charge is 2.20. The lowest BCUT2D eigenvalue weighted by atomic mass is 9.77.